The fourth-order valence-corrected chi connectivity index (χ4v) is 3.12. The molecule has 2 N–H and O–H groups in total. The number of H-pyrrole nitrogens is 1. The van der Waals surface area contributed by atoms with Crippen LogP contribution in [-0.4, -0.2) is 21.6 Å². The van der Waals surface area contributed by atoms with Crippen LogP contribution in [0.4, 0.5) is 5.69 Å². The van der Waals surface area contributed by atoms with Crippen LogP contribution in [0, 0.1) is 0 Å². The molecule has 0 fully saturated rings. The first-order valence-electron chi connectivity index (χ1n) is 6.39. The van der Waals surface area contributed by atoms with Crippen molar-refractivity contribution in [2.24, 2.45) is 4.99 Å². The molecule has 0 saturated heterocycles. The molecule has 0 amide bonds. The molecule has 4 nitrogen and oxygen atoms in total. The number of fused-ring (bicyclic) bond motifs is 2. The first-order chi connectivity index (χ1) is 10.2. The molecule has 21 heavy (non-hydrogen) atoms. The van der Waals surface area contributed by atoms with Crippen LogP contribution in [-0.2, 0) is 0 Å². The van der Waals surface area contributed by atoms with Crippen LogP contribution in [0.5, 0.6) is 5.75 Å². The lowest BCUT2D eigenvalue weighted by Gasteiger charge is -1.99. The van der Waals surface area contributed by atoms with Gasteiger partial charge in [-0.25, -0.2) is 4.99 Å². The molecule has 1 aliphatic heterocycles. The average Bonchev–Trinajstić information content (AvgIpc) is 2.99. The van der Waals surface area contributed by atoms with Crippen LogP contribution in [0.2, 0.25) is 0 Å². The number of rotatable bonds is 1. The summed E-state index contributed by atoms with van der Waals surface area (Å²) in [4.78, 5) is 20.0. The standard InChI is InChI=1S/C16H9BrN2O2/c17-9-5-3-7-11-12(9)16(21)14(19-11)13-15(20)8-4-1-2-6-10(8)18-13/h1-7,18,20H. The Morgan fingerprint density at radius 1 is 1.10 bits per heavy atom. The Balaban J connectivity index is 1.94. The summed E-state index contributed by atoms with van der Waals surface area (Å²) in [5.41, 5.74) is 2.53. The van der Waals surface area contributed by atoms with Gasteiger partial charge in [-0.15, -0.1) is 0 Å². The number of aromatic nitrogens is 1. The van der Waals surface area contributed by atoms with Gasteiger partial charge in [-0.2, -0.15) is 0 Å². The molecule has 0 bridgehead atoms. The van der Waals surface area contributed by atoms with Gasteiger partial charge >= 0.3 is 0 Å². The Kier molecular flexibility index (Phi) is 2.53. The number of aromatic hydroxyl groups is 1. The first kappa shape index (κ1) is 12.3. The average molecular weight is 341 g/mol. The zero-order valence-corrected chi connectivity index (χ0v) is 12.3. The highest BCUT2D eigenvalue weighted by molar-refractivity contribution is 9.10. The third kappa shape index (κ3) is 1.67. The number of nitrogens with zero attached hydrogens (tertiary/aromatic N) is 1. The second-order valence-corrected chi connectivity index (χ2v) is 5.67. The predicted octanol–water partition coefficient (Wildman–Crippen LogP) is 3.95. The van der Waals surface area contributed by atoms with Crippen LogP contribution < -0.4 is 0 Å². The highest BCUT2D eigenvalue weighted by Gasteiger charge is 2.31. The summed E-state index contributed by atoms with van der Waals surface area (Å²) in [6, 6.07) is 12.8. The summed E-state index contributed by atoms with van der Waals surface area (Å²) < 4.78 is 0.708. The van der Waals surface area contributed by atoms with E-state index in [0.29, 0.717) is 26.8 Å². The molecule has 0 atom stereocenters. The Morgan fingerprint density at radius 2 is 1.90 bits per heavy atom. The number of hydrogen-bond donors (Lipinski definition) is 2. The summed E-state index contributed by atoms with van der Waals surface area (Å²) in [6.45, 7) is 0. The summed E-state index contributed by atoms with van der Waals surface area (Å²) in [7, 11) is 0. The number of aliphatic imine (C=N–C) groups is 1. The van der Waals surface area contributed by atoms with E-state index < -0.39 is 0 Å². The van der Waals surface area contributed by atoms with Gasteiger partial charge in [-0.3, -0.25) is 4.79 Å². The molecule has 1 aliphatic rings. The molecule has 3 aromatic rings. The zero-order valence-electron chi connectivity index (χ0n) is 10.7. The number of carbonyl (C=O) groups is 1. The molecule has 102 valence electrons. The van der Waals surface area contributed by atoms with E-state index in [1.54, 1.807) is 18.2 Å². The SMILES string of the molecule is O=C1C(c2[nH]c3ccccc3c2O)=Nc2cccc(Br)c21. The van der Waals surface area contributed by atoms with Crippen LogP contribution in [0.1, 0.15) is 16.1 Å². The minimum atomic E-state index is -0.195. The summed E-state index contributed by atoms with van der Waals surface area (Å²) in [5.74, 6) is -0.138. The Morgan fingerprint density at radius 3 is 2.67 bits per heavy atom. The zero-order chi connectivity index (χ0) is 14.6. The number of benzene rings is 2. The topological polar surface area (TPSA) is 65.5 Å². The number of nitrogens with one attached hydrogen (secondary N) is 1. The van der Waals surface area contributed by atoms with Crippen molar-refractivity contribution < 1.29 is 9.90 Å². The lowest BCUT2D eigenvalue weighted by atomic mass is 10.1. The molecule has 0 spiro atoms. The maximum absolute atomic E-state index is 12.6. The van der Waals surface area contributed by atoms with E-state index >= 15 is 0 Å². The molecule has 4 rings (SSSR count). The molecule has 0 aliphatic carbocycles. The van der Waals surface area contributed by atoms with Gasteiger partial charge in [0.1, 0.15) is 11.4 Å². The fourth-order valence-electron chi connectivity index (χ4n) is 2.59. The van der Waals surface area contributed by atoms with Crippen molar-refractivity contribution in [3.05, 3.63) is 58.2 Å². The molecule has 0 saturated carbocycles. The molecule has 1 aromatic heterocycles. The molecular weight excluding hydrogens is 332 g/mol. The molecule has 5 heteroatoms. The number of Topliss-reactive ketones (excluding diaryl/α,β-unsaturated/α-hetero) is 1. The van der Waals surface area contributed by atoms with Crippen LogP contribution in [0.15, 0.2) is 51.9 Å². The van der Waals surface area contributed by atoms with Gasteiger partial charge < -0.3 is 10.1 Å². The van der Waals surface area contributed by atoms with Crippen molar-refractivity contribution in [2.45, 2.75) is 0 Å². The van der Waals surface area contributed by atoms with Crippen molar-refractivity contribution in [1.29, 1.82) is 0 Å². The second-order valence-electron chi connectivity index (χ2n) is 4.82. The van der Waals surface area contributed by atoms with Gasteiger partial charge in [0, 0.05) is 15.4 Å². The van der Waals surface area contributed by atoms with Gasteiger partial charge in [-0.05, 0) is 40.2 Å². The molecule has 0 radical (unpaired) electrons. The number of para-hydroxylation sites is 1. The van der Waals surface area contributed by atoms with E-state index in [-0.39, 0.29) is 17.2 Å². The number of ketones is 1. The quantitative estimate of drug-likeness (QED) is 0.704. The highest BCUT2D eigenvalue weighted by Crippen LogP contribution is 2.37. The lowest BCUT2D eigenvalue weighted by Crippen LogP contribution is -2.12. The Labute approximate surface area is 128 Å². The van der Waals surface area contributed by atoms with Crippen molar-refractivity contribution in [3.8, 4) is 5.75 Å². The van der Waals surface area contributed by atoms with Gasteiger partial charge in [0.2, 0.25) is 5.78 Å². The second kappa shape index (κ2) is 4.30. The van der Waals surface area contributed by atoms with Gasteiger partial charge in [0.15, 0.2) is 5.75 Å². The summed E-state index contributed by atoms with van der Waals surface area (Å²) >= 11 is 3.37. The van der Waals surface area contributed by atoms with E-state index in [4.69, 9.17) is 0 Å². The third-order valence-electron chi connectivity index (χ3n) is 3.58. The first-order valence-corrected chi connectivity index (χ1v) is 7.18. The van der Waals surface area contributed by atoms with Crippen LogP contribution in [0.25, 0.3) is 10.9 Å². The van der Waals surface area contributed by atoms with E-state index in [1.165, 1.54) is 0 Å². The van der Waals surface area contributed by atoms with E-state index in [2.05, 4.69) is 25.9 Å². The molecular formula is C16H9BrN2O2. The minimum Gasteiger partial charge on any atom is -0.505 e. The van der Waals surface area contributed by atoms with Crippen LogP contribution in [0.3, 0.4) is 0 Å². The van der Waals surface area contributed by atoms with Gasteiger partial charge in [0.05, 0.1) is 11.3 Å². The molecule has 2 aromatic carbocycles. The largest absolute Gasteiger partial charge is 0.505 e. The van der Waals surface area contributed by atoms with Crippen molar-refractivity contribution in [2.75, 3.05) is 0 Å². The van der Waals surface area contributed by atoms with Crippen molar-refractivity contribution in [1.82, 2.24) is 4.98 Å². The maximum atomic E-state index is 12.6. The van der Waals surface area contributed by atoms with Crippen LogP contribution >= 0.6 is 15.9 Å². The highest BCUT2D eigenvalue weighted by atomic mass is 79.9. The van der Waals surface area contributed by atoms with Crippen molar-refractivity contribution >= 4 is 44.0 Å². The predicted molar refractivity (Wildman–Crippen MR) is 84.6 cm³/mol. The van der Waals surface area contributed by atoms with E-state index in [0.717, 1.165) is 5.52 Å². The number of halogens is 1. The Hall–Kier alpha value is -2.40. The fraction of sp³-hybridized carbons (Fsp3) is 0. The number of carbonyl (C=O) groups excluding carboxylic acids is 1. The maximum Gasteiger partial charge on any atom is 0.216 e. The summed E-state index contributed by atoms with van der Waals surface area (Å²) in [6.07, 6.45) is 0. The lowest BCUT2D eigenvalue weighted by molar-refractivity contribution is 0.106. The van der Waals surface area contributed by atoms with Gasteiger partial charge in [0.25, 0.3) is 0 Å². The van der Waals surface area contributed by atoms with Gasteiger partial charge in [-0.1, -0.05) is 18.2 Å². The van der Waals surface area contributed by atoms with E-state index in [9.17, 15) is 9.90 Å². The Bertz CT molecular complexity index is 941. The number of aromatic amines is 1. The third-order valence-corrected chi connectivity index (χ3v) is 4.24. The van der Waals surface area contributed by atoms with E-state index in [1.807, 2.05) is 24.3 Å². The monoisotopic (exact) mass is 340 g/mol. The summed E-state index contributed by atoms with van der Waals surface area (Å²) in [5, 5.41) is 11.0. The molecule has 0 unspecified atom stereocenters. The molecule has 2 heterocycles. The number of hydrogen-bond acceptors (Lipinski definition) is 3. The normalized spacial score (nSPS) is 13.6. The minimum absolute atomic E-state index is 0.0571. The van der Waals surface area contributed by atoms with Crippen molar-refractivity contribution in [3.63, 3.8) is 0 Å². The smallest absolute Gasteiger partial charge is 0.216 e.